The van der Waals surface area contributed by atoms with Gasteiger partial charge in [0.25, 0.3) is 0 Å². The number of fused-ring (bicyclic) bond motifs is 2. The topological polar surface area (TPSA) is 66.3 Å². The summed E-state index contributed by atoms with van der Waals surface area (Å²) in [4.78, 5) is 9.18. The SMILES string of the molecule is CN1CCN(CCCS(=O)c2nc(Nc3c4c(cc5c3CCC5)CCC4)nn2SF)CC1. The van der Waals surface area contributed by atoms with Crippen molar-refractivity contribution in [2.45, 2.75) is 50.1 Å². The summed E-state index contributed by atoms with van der Waals surface area (Å²) >= 11 is -0.0381. The van der Waals surface area contributed by atoms with Crippen LogP contribution in [-0.2, 0) is 36.5 Å². The molecule has 3 aliphatic rings. The van der Waals surface area contributed by atoms with Gasteiger partial charge in [-0.25, -0.2) is 0 Å². The van der Waals surface area contributed by atoms with E-state index in [4.69, 9.17) is 0 Å². The monoisotopic (exact) mass is 478 g/mol. The van der Waals surface area contributed by atoms with Gasteiger partial charge < -0.3 is 15.1 Å². The van der Waals surface area contributed by atoms with E-state index in [-0.39, 0.29) is 17.5 Å². The number of likely N-dealkylation sites (N-methyl/N-ethyl adjacent to an activating group) is 1. The van der Waals surface area contributed by atoms with Gasteiger partial charge in [0.05, 0.1) is 10.8 Å². The molecule has 1 N–H and O–H groups in total. The maximum Gasteiger partial charge on any atom is 0.248 e. The zero-order valence-corrected chi connectivity index (χ0v) is 20.2. The molecule has 1 aliphatic heterocycles. The highest BCUT2D eigenvalue weighted by atomic mass is 32.2. The van der Waals surface area contributed by atoms with E-state index in [1.807, 2.05) is 0 Å². The molecule has 1 unspecified atom stereocenters. The molecule has 1 atom stereocenters. The predicted octanol–water partition coefficient (Wildman–Crippen LogP) is 3.13. The smallest absolute Gasteiger partial charge is 0.248 e. The Hall–Kier alpha value is -1.49. The average Bonchev–Trinajstić information content (AvgIpc) is 3.54. The largest absolute Gasteiger partial charge is 0.322 e. The first kappa shape index (κ1) is 22.3. The quantitative estimate of drug-likeness (QED) is 0.625. The molecule has 7 nitrogen and oxygen atoms in total. The minimum absolute atomic E-state index is 0.0381. The third-order valence-electron chi connectivity index (χ3n) is 6.93. The van der Waals surface area contributed by atoms with Gasteiger partial charge >= 0.3 is 0 Å². The minimum atomic E-state index is -1.39. The Bertz CT molecular complexity index is 973. The number of hydrogen-bond donors (Lipinski definition) is 1. The highest BCUT2D eigenvalue weighted by molar-refractivity contribution is 7.93. The molecule has 174 valence electrons. The van der Waals surface area contributed by atoms with E-state index >= 15 is 0 Å². The van der Waals surface area contributed by atoms with Crippen LogP contribution in [0.5, 0.6) is 0 Å². The zero-order chi connectivity index (χ0) is 22.1. The van der Waals surface area contributed by atoms with E-state index in [9.17, 15) is 8.09 Å². The van der Waals surface area contributed by atoms with E-state index in [0.29, 0.717) is 11.7 Å². The molecule has 5 rings (SSSR count). The number of nitrogens with one attached hydrogen (secondary N) is 1. The van der Waals surface area contributed by atoms with E-state index in [0.717, 1.165) is 87.4 Å². The van der Waals surface area contributed by atoms with Crippen LogP contribution in [0.25, 0.3) is 0 Å². The van der Waals surface area contributed by atoms with Crippen LogP contribution in [-0.4, -0.2) is 73.7 Å². The predicted molar refractivity (Wildman–Crippen MR) is 128 cm³/mol. The van der Waals surface area contributed by atoms with Crippen molar-refractivity contribution in [3.05, 3.63) is 28.3 Å². The molecule has 0 bridgehead atoms. The van der Waals surface area contributed by atoms with Crippen LogP contribution in [0.4, 0.5) is 15.5 Å². The van der Waals surface area contributed by atoms with Crippen molar-refractivity contribution in [1.29, 1.82) is 0 Å². The maximum atomic E-state index is 13.6. The first-order valence-corrected chi connectivity index (χ1v) is 13.6. The number of aromatic nitrogens is 3. The molecular formula is C22H31FN6OS2. The first-order valence-electron chi connectivity index (χ1n) is 11.6. The zero-order valence-electron chi connectivity index (χ0n) is 18.6. The third-order valence-corrected chi connectivity index (χ3v) is 8.76. The van der Waals surface area contributed by atoms with Gasteiger partial charge in [-0.05, 0) is 80.8 Å². The minimum Gasteiger partial charge on any atom is -0.322 e. The highest BCUT2D eigenvalue weighted by Gasteiger charge is 2.26. The Kier molecular flexibility index (Phi) is 6.82. The Morgan fingerprint density at radius 2 is 1.78 bits per heavy atom. The molecule has 1 saturated heterocycles. The second-order valence-corrected chi connectivity index (χ2v) is 11.0. The normalized spacial score (nSPS) is 19.8. The molecule has 2 aliphatic carbocycles. The summed E-state index contributed by atoms with van der Waals surface area (Å²) in [5.74, 6) is 0.799. The Labute approximate surface area is 196 Å². The van der Waals surface area contributed by atoms with E-state index in [1.54, 1.807) is 0 Å². The summed E-state index contributed by atoms with van der Waals surface area (Å²) in [7, 11) is 0.746. The fourth-order valence-electron chi connectivity index (χ4n) is 5.18. The van der Waals surface area contributed by atoms with Gasteiger partial charge in [-0.15, -0.1) is 13.1 Å². The molecule has 0 amide bonds. The molecule has 1 aromatic carbocycles. The Balaban J connectivity index is 1.28. The number of anilines is 2. The van der Waals surface area contributed by atoms with Crippen molar-refractivity contribution in [2.75, 3.05) is 50.8 Å². The summed E-state index contributed by atoms with van der Waals surface area (Å²) in [5, 5.41) is 7.87. The summed E-state index contributed by atoms with van der Waals surface area (Å²) in [6, 6.07) is 2.38. The molecule has 1 aromatic heterocycles. The van der Waals surface area contributed by atoms with E-state index < -0.39 is 10.8 Å². The van der Waals surface area contributed by atoms with Gasteiger partial charge in [0.2, 0.25) is 11.1 Å². The Morgan fingerprint density at radius 3 is 2.44 bits per heavy atom. The molecule has 2 aromatic rings. The molecule has 0 saturated carbocycles. The van der Waals surface area contributed by atoms with Crippen LogP contribution in [0.15, 0.2) is 11.2 Å². The number of aryl methyl sites for hydroxylation is 2. The number of benzene rings is 1. The molecular weight excluding hydrogens is 447 g/mol. The lowest BCUT2D eigenvalue weighted by atomic mass is 9.99. The van der Waals surface area contributed by atoms with Gasteiger partial charge in [-0.3, -0.25) is 4.21 Å². The fraction of sp³-hybridized carbons (Fsp3) is 0.636. The third kappa shape index (κ3) is 4.60. The van der Waals surface area contributed by atoms with Gasteiger partial charge in [-0.1, -0.05) is 6.07 Å². The molecule has 0 radical (unpaired) electrons. The number of halogens is 1. The number of nitrogens with zero attached hydrogens (tertiary/aromatic N) is 5. The number of piperazine rings is 1. The average molecular weight is 479 g/mol. The Morgan fingerprint density at radius 1 is 1.09 bits per heavy atom. The van der Waals surface area contributed by atoms with Crippen LogP contribution < -0.4 is 5.32 Å². The van der Waals surface area contributed by atoms with Gasteiger partial charge in [0.1, 0.15) is 0 Å². The first-order chi connectivity index (χ1) is 15.6. The summed E-state index contributed by atoms with van der Waals surface area (Å²) in [6.45, 7) is 5.12. The molecule has 0 spiro atoms. The van der Waals surface area contributed by atoms with Crippen molar-refractivity contribution in [2.24, 2.45) is 0 Å². The number of hydrogen-bond acceptors (Lipinski definition) is 7. The van der Waals surface area contributed by atoms with Gasteiger partial charge in [0.15, 0.2) is 12.3 Å². The summed E-state index contributed by atoms with van der Waals surface area (Å²) < 4.78 is 27.6. The molecule has 32 heavy (non-hydrogen) atoms. The molecule has 10 heteroatoms. The second kappa shape index (κ2) is 9.79. The van der Waals surface area contributed by atoms with E-state index in [1.165, 1.54) is 22.3 Å². The lowest BCUT2D eigenvalue weighted by Crippen LogP contribution is -2.44. The van der Waals surface area contributed by atoms with Crippen LogP contribution in [0.1, 0.15) is 41.5 Å². The standard InChI is InChI=1S/C22H31FN6OS2/c1-27-10-12-28(13-11-27)9-4-14-32(30)22-25-21(26-29(22)31-23)24-20-18-7-2-5-16(18)15-17-6-3-8-19(17)20/h15H,2-14H2,1H3,(H,24,26). The maximum absolute atomic E-state index is 13.6. The molecule has 1 fully saturated rings. The lowest BCUT2D eigenvalue weighted by molar-refractivity contribution is 0.154. The van der Waals surface area contributed by atoms with Crippen LogP contribution in [0.2, 0.25) is 0 Å². The van der Waals surface area contributed by atoms with Crippen molar-refractivity contribution < 1.29 is 8.09 Å². The fourth-order valence-corrected chi connectivity index (χ4v) is 6.70. The van der Waals surface area contributed by atoms with Crippen LogP contribution in [0, 0.1) is 0 Å². The van der Waals surface area contributed by atoms with Crippen LogP contribution in [0.3, 0.4) is 0 Å². The van der Waals surface area contributed by atoms with E-state index in [2.05, 4.69) is 38.3 Å². The summed E-state index contributed by atoms with van der Waals surface area (Å²) in [5.41, 5.74) is 6.65. The molecule has 2 heterocycles. The second-order valence-electron chi connectivity index (χ2n) is 9.07. The van der Waals surface area contributed by atoms with Crippen LogP contribution >= 0.6 is 12.3 Å². The lowest BCUT2D eigenvalue weighted by Gasteiger charge is -2.32. The van der Waals surface area contributed by atoms with Crippen molar-refractivity contribution >= 4 is 34.8 Å². The van der Waals surface area contributed by atoms with Crippen molar-refractivity contribution in [3.8, 4) is 0 Å². The summed E-state index contributed by atoms with van der Waals surface area (Å²) in [6.07, 6.45) is 7.45. The number of rotatable bonds is 8. The van der Waals surface area contributed by atoms with Gasteiger partial charge in [0, 0.05) is 37.6 Å². The van der Waals surface area contributed by atoms with Gasteiger partial charge in [-0.2, -0.15) is 4.98 Å². The highest BCUT2D eigenvalue weighted by Crippen LogP contribution is 2.39. The van der Waals surface area contributed by atoms with Crippen molar-refractivity contribution in [1.82, 2.24) is 24.0 Å². The van der Waals surface area contributed by atoms with Crippen molar-refractivity contribution in [3.63, 3.8) is 0 Å².